The molecule has 33 heavy (non-hydrogen) atoms. The quantitative estimate of drug-likeness (QED) is 0.581. The van der Waals surface area contributed by atoms with Crippen LogP contribution in [0.5, 0.6) is 5.75 Å². The van der Waals surface area contributed by atoms with Gasteiger partial charge in [-0.15, -0.1) is 0 Å². The summed E-state index contributed by atoms with van der Waals surface area (Å²) in [5, 5.41) is 2.84. The van der Waals surface area contributed by atoms with Gasteiger partial charge in [-0.05, 0) is 60.4 Å². The minimum Gasteiger partial charge on any atom is -0.497 e. The Balaban J connectivity index is 1.40. The zero-order chi connectivity index (χ0) is 23.2. The van der Waals surface area contributed by atoms with Crippen LogP contribution in [-0.2, 0) is 11.2 Å². The lowest BCUT2D eigenvalue weighted by Gasteiger charge is -2.30. The van der Waals surface area contributed by atoms with Gasteiger partial charge in [-0.25, -0.2) is 0 Å². The number of nitrogens with one attached hydrogen (secondary N) is 1. The number of nitrogens with two attached hydrogens (primary N) is 1. The van der Waals surface area contributed by atoms with Crippen LogP contribution >= 0.6 is 0 Å². The van der Waals surface area contributed by atoms with Gasteiger partial charge in [0.1, 0.15) is 5.75 Å². The van der Waals surface area contributed by atoms with Crippen LogP contribution in [0.3, 0.4) is 0 Å². The van der Waals surface area contributed by atoms with Crippen molar-refractivity contribution in [3.8, 4) is 5.75 Å². The van der Waals surface area contributed by atoms with E-state index in [0.717, 1.165) is 29.7 Å². The van der Waals surface area contributed by atoms with E-state index in [0.29, 0.717) is 24.2 Å². The van der Waals surface area contributed by atoms with Gasteiger partial charge >= 0.3 is 0 Å². The number of ether oxygens (including phenoxy) is 1. The third-order valence-electron chi connectivity index (χ3n) is 6.04. The normalized spacial score (nSPS) is 16.3. The second-order valence-corrected chi connectivity index (χ2v) is 8.16. The van der Waals surface area contributed by atoms with Gasteiger partial charge in [-0.2, -0.15) is 0 Å². The second kappa shape index (κ2) is 10.3. The SMILES string of the molecule is COc1ccc(CC(=O)N2CCCC2C(N)c2ccc(C(=O)Nc3ccncc3)cc2)cc1. The molecular formula is C26H28N4O3. The van der Waals surface area contributed by atoms with E-state index < -0.39 is 0 Å². The second-order valence-electron chi connectivity index (χ2n) is 8.16. The molecule has 0 saturated carbocycles. The molecule has 1 aliphatic rings. The summed E-state index contributed by atoms with van der Waals surface area (Å²) in [7, 11) is 1.62. The standard InChI is InChI=1S/C26H28N4O3/c1-33-22-10-4-18(5-11-22)17-24(31)30-16-2-3-23(30)25(27)19-6-8-20(9-7-19)26(32)29-21-12-14-28-15-13-21/h4-15,23,25H,2-3,16-17,27H2,1H3,(H,28,29,32). The smallest absolute Gasteiger partial charge is 0.255 e. The Bertz CT molecular complexity index is 1080. The van der Waals surface area contributed by atoms with Crippen molar-refractivity contribution in [1.82, 2.24) is 9.88 Å². The number of carbonyl (C=O) groups is 2. The van der Waals surface area contributed by atoms with Crippen molar-refractivity contribution < 1.29 is 14.3 Å². The molecular weight excluding hydrogens is 416 g/mol. The molecule has 0 radical (unpaired) electrons. The third-order valence-corrected chi connectivity index (χ3v) is 6.04. The number of pyridine rings is 1. The van der Waals surface area contributed by atoms with Crippen LogP contribution in [0.25, 0.3) is 0 Å². The van der Waals surface area contributed by atoms with E-state index >= 15 is 0 Å². The minimum absolute atomic E-state index is 0.0627. The fourth-order valence-electron chi connectivity index (χ4n) is 4.21. The van der Waals surface area contributed by atoms with Crippen LogP contribution in [0.1, 0.15) is 40.4 Å². The Hall–Kier alpha value is -3.71. The molecule has 3 aromatic rings. The predicted molar refractivity (Wildman–Crippen MR) is 127 cm³/mol. The van der Waals surface area contributed by atoms with Crippen LogP contribution in [0.15, 0.2) is 73.1 Å². The number of benzene rings is 2. The summed E-state index contributed by atoms with van der Waals surface area (Å²) in [5.41, 5.74) is 9.68. The predicted octanol–water partition coefficient (Wildman–Crippen LogP) is 3.58. The van der Waals surface area contributed by atoms with Crippen molar-refractivity contribution in [2.75, 3.05) is 19.0 Å². The number of amides is 2. The van der Waals surface area contributed by atoms with Crippen molar-refractivity contribution in [3.05, 3.63) is 89.7 Å². The maximum Gasteiger partial charge on any atom is 0.255 e. The van der Waals surface area contributed by atoms with Gasteiger partial charge in [0.25, 0.3) is 5.91 Å². The summed E-state index contributed by atoms with van der Waals surface area (Å²) in [6, 6.07) is 17.9. The minimum atomic E-state index is -0.315. The van der Waals surface area contributed by atoms with E-state index in [-0.39, 0.29) is 23.9 Å². The average Bonchev–Trinajstić information content (AvgIpc) is 3.35. The van der Waals surface area contributed by atoms with E-state index in [9.17, 15) is 9.59 Å². The van der Waals surface area contributed by atoms with Crippen molar-refractivity contribution >= 4 is 17.5 Å². The number of hydrogen-bond acceptors (Lipinski definition) is 5. The Morgan fingerprint density at radius 1 is 1.09 bits per heavy atom. The number of hydrogen-bond donors (Lipinski definition) is 2. The summed E-state index contributed by atoms with van der Waals surface area (Å²) in [6.07, 6.45) is 5.38. The highest BCUT2D eigenvalue weighted by molar-refractivity contribution is 6.04. The van der Waals surface area contributed by atoms with Crippen molar-refractivity contribution in [3.63, 3.8) is 0 Å². The lowest BCUT2D eigenvalue weighted by atomic mass is 9.96. The molecule has 1 saturated heterocycles. The molecule has 1 aromatic heterocycles. The first kappa shape index (κ1) is 22.5. The number of likely N-dealkylation sites (tertiary alicyclic amines) is 1. The van der Waals surface area contributed by atoms with E-state index in [4.69, 9.17) is 10.5 Å². The Morgan fingerprint density at radius 2 is 1.79 bits per heavy atom. The van der Waals surface area contributed by atoms with E-state index in [1.54, 1.807) is 43.8 Å². The topological polar surface area (TPSA) is 97.5 Å². The highest BCUT2D eigenvalue weighted by Gasteiger charge is 2.33. The first-order valence-corrected chi connectivity index (χ1v) is 11.0. The van der Waals surface area contributed by atoms with Crippen LogP contribution in [0.4, 0.5) is 5.69 Å². The van der Waals surface area contributed by atoms with Gasteiger partial charge in [0.15, 0.2) is 0 Å². The number of nitrogens with zero attached hydrogens (tertiary/aromatic N) is 2. The van der Waals surface area contributed by atoms with Crippen molar-refractivity contribution in [2.24, 2.45) is 5.73 Å². The summed E-state index contributed by atoms with van der Waals surface area (Å²) in [5.74, 6) is 0.648. The first-order chi connectivity index (χ1) is 16.0. The van der Waals surface area contributed by atoms with E-state index in [1.807, 2.05) is 41.3 Å². The fraction of sp³-hybridized carbons (Fsp3) is 0.269. The molecule has 2 amide bonds. The molecule has 0 bridgehead atoms. The molecule has 2 atom stereocenters. The zero-order valence-electron chi connectivity index (χ0n) is 18.6. The van der Waals surface area contributed by atoms with Crippen LogP contribution in [-0.4, -0.2) is 41.4 Å². The molecule has 2 aromatic carbocycles. The third kappa shape index (κ3) is 5.38. The summed E-state index contributed by atoms with van der Waals surface area (Å²) >= 11 is 0. The molecule has 170 valence electrons. The van der Waals surface area contributed by atoms with Gasteiger partial charge in [-0.3, -0.25) is 14.6 Å². The molecule has 7 heteroatoms. The van der Waals surface area contributed by atoms with Gasteiger partial charge < -0.3 is 20.7 Å². The van der Waals surface area contributed by atoms with Crippen LogP contribution in [0, 0.1) is 0 Å². The molecule has 2 heterocycles. The monoisotopic (exact) mass is 444 g/mol. The highest BCUT2D eigenvalue weighted by atomic mass is 16.5. The largest absolute Gasteiger partial charge is 0.497 e. The van der Waals surface area contributed by atoms with Gasteiger partial charge in [-0.1, -0.05) is 24.3 Å². The maximum atomic E-state index is 13.0. The number of anilines is 1. The van der Waals surface area contributed by atoms with Crippen molar-refractivity contribution in [1.29, 1.82) is 0 Å². The van der Waals surface area contributed by atoms with Gasteiger partial charge in [0.05, 0.1) is 25.6 Å². The lowest BCUT2D eigenvalue weighted by molar-refractivity contribution is -0.131. The zero-order valence-corrected chi connectivity index (χ0v) is 18.6. The molecule has 2 unspecified atom stereocenters. The van der Waals surface area contributed by atoms with Crippen LogP contribution < -0.4 is 15.8 Å². The lowest BCUT2D eigenvalue weighted by Crippen LogP contribution is -2.42. The molecule has 7 nitrogen and oxygen atoms in total. The molecule has 3 N–H and O–H groups in total. The molecule has 0 aliphatic carbocycles. The Kier molecular flexibility index (Phi) is 7.00. The maximum absolute atomic E-state index is 13.0. The number of methoxy groups -OCH3 is 1. The Labute approximate surface area is 193 Å². The highest BCUT2D eigenvalue weighted by Crippen LogP contribution is 2.29. The molecule has 4 rings (SSSR count). The Morgan fingerprint density at radius 3 is 2.45 bits per heavy atom. The van der Waals surface area contributed by atoms with E-state index in [2.05, 4.69) is 10.3 Å². The van der Waals surface area contributed by atoms with Crippen LogP contribution in [0.2, 0.25) is 0 Å². The first-order valence-electron chi connectivity index (χ1n) is 11.0. The van der Waals surface area contributed by atoms with E-state index in [1.165, 1.54) is 0 Å². The molecule has 1 fully saturated rings. The van der Waals surface area contributed by atoms with Gasteiger partial charge in [0, 0.05) is 30.2 Å². The summed E-state index contributed by atoms with van der Waals surface area (Å²) in [6.45, 7) is 0.708. The number of carbonyl (C=O) groups excluding carboxylic acids is 2. The summed E-state index contributed by atoms with van der Waals surface area (Å²) in [4.78, 5) is 31.3. The number of aromatic nitrogens is 1. The molecule has 0 spiro atoms. The number of rotatable bonds is 7. The summed E-state index contributed by atoms with van der Waals surface area (Å²) < 4.78 is 5.18. The average molecular weight is 445 g/mol. The molecule has 1 aliphatic heterocycles. The van der Waals surface area contributed by atoms with Crippen molar-refractivity contribution in [2.45, 2.75) is 31.3 Å². The van der Waals surface area contributed by atoms with Gasteiger partial charge in [0.2, 0.25) is 5.91 Å². The fourth-order valence-corrected chi connectivity index (χ4v) is 4.21.